The van der Waals surface area contributed by atoms with E-state index in [1.807, 2.05) is 0 Å². The molecule has 0 radical (unpaired) electrons. The van der Waals surface area contributed by atoms with Crippen LogP contribution in [0.2, 0.25) is 0 Å². The van der Waals surface area contributed by atoms with Crippen LogP contribution in [0.4, 0.5) is 10.1 Å². The molecule has 0 saturated carbocycles. The maximum atomic E-state index is 14.1. The minimum atomic E-state index is -1.17. The van der Waals surface area contributed by atoms with Crippen molar-refractivity contribution in [2.24, 2.45) is 0 Å². The molecule has 1 aliphatic heterocycles. The molecule has 0 aromatic heterocycles. The number of Topliss-reactive ketones (excluding diaryl/α,β-unsaturated/α-hetero) is 1. The number of esters is 1. The normalized spacial score (nSPS) is 16.8. The quantitative estimate of drug-likeness (QED) is 0.228. The lowest BCUT2D eigenvalue weighted by atomic mass is 9.94. The monoisotopic (exact) mass is 491 g/mol. The van der Waals surface area contributed by atoms with Crippen molar-refractivity contribution >= 4 is 29.1 Å². The zero-order chi connectivity index (χ0) is 26.0. The highest BCUT2D eigenvalue weighted by Gasteiger charge is 2.47. The van der Waals surface area contributed by atoms with Crippen molar-refractivity contribution in [3.05, 3.63) is 94.8 Å². The number of rotatable bonds is 6. The molecule has 1 heterocycles. The van der Waals surface area contributed by atoms with Gasteiger partial charge in [0.15, 0.2) is 0 Å². The van der Waals surface area contributed by atoms with Gasteiger partial charge in [0.05, 0.1) is 36.5 Å². The molecule has 8 nitrogen and oxygen atoms in total. The summed E-state index contributed by atoms with van der Waals surface area (Å²) in [6, 6.07) is 13.9. The van der Waals surface area contributed by atoms with E-state index in [1.165, 1.54) is 55.6 Å². The number of carbonyl (C=O) groups is 3. The molecule has 0 spiro atoms. The molecule has 0 aliphatic carbocycles. The number of ether oxygens (including phenoxy) is 2. The average Bonchev–Trinajstić information content (AvgIpc) is 3.14. The lowest BCUT2D eigenvalue weighted by molar-refractivity contribution is -0.132. The Morgan fingerprint density at radius 2 is 1.78 bits per heavy atom. The van der Waals surface area contributed by atoms with Crippen LogP contribution in [0.1, 0.15) is 34.5 Å². The number of aromatic hydroxyl groups is 1. The number of phenols is 1. The minimum absolute atomic E-state index is 0.0912. The van der Waals surface area contributed by atoms with Gasteiger partial charge in [-0.05, 0) is 67.1 Å². The first-order valence-corrected chi connectivity index (χ1v) is 11.0. The molecule has 1 amide bonds. The van der Waals surface area contributed by atoms with Crippen molar-refractivity contribution in [1.82, 2.24) is 0 Å². The highest BCUT2D eigenvalue weighted by molar-refractivity contribution is 6.51. The van der Waals surface area contributed by atoms with Gasteiger partial charge in [0.2, 0.25) is 0 Å². The molecule has 1 atom stereocenters. The Morgan fingerprint density at radius 3 is 2.42 bits per heavy atom. The van der Waals surface area contributed by atoms with Gasteiger partial charge in [0, 0.05) is 5.69 Å². The smallest absolute Gasteiger partial charge is 0.338 e. The van der Waals surface area contributed by atoms with Crippen LogP contribution in [0, 0.1) is 5.82 Å². The number of aliphatic hydroxyl groups is 1. The highest BCUT2D eigenvalue weighted by Crippen LogP contribution is 2.43. The number of hydrogen-bond acceptors (Lipinski definition) is 7. The number of anilines is 1. The van der Waals surface area contributed by atoms with E-state index in [0.717, 1.165) is 17.0 Å². The SMILES string of the molecule is CCOC(=O)c1ccc(N2C(=O)C(=O)/C(=C(/O)c3cc(F)ccc3OC)C2c2cccc(O)c2)cc1. The number of amides is 1. The number of aliphatic hydroxyl groups excluding tert-OH is 1. The van der Waals surface area contributed by atoms with Crippen molar-refractivity contribution in [2.75, 3.05) is 18.6 Å². The second kappa shape index (κ2) is 9.91. The third-order valence-electron chi connectivity index (χ3n) is 5.70. The number of carbonyl (C=O) groups excluding carboxylic acids is 3. The Balaban J connectivity index is 1.91. The van der Waals surface area contributed by atoms with Crippen molar-refractivity contribution in [3.8, 4) is 11.5 Å². The second-order valence-corrected chi connectivity index (χ2v) is 7.88. The van der Waals surface area contributed by atoms with Crippen molar-refractivity contribution in [3.63, 3.8) is 0 Å². The van der Waals surface area contributed by atoms with Gasteiger partial charge in [-0.25, -0.2) is 9.18 Å². The molecule has 184 valence electrons. The van der Waals surface area contributed by atoms with Crippen LogP contribution in [0.15, 0.2) is 72.3 Å². The van der Waals surface area contributed by atoms with Gasteiger partial charge < -0.3 is 19.7 Å². The van der Waals surface area contributed by atoms with E-state index in [4.69, 9.17) is 9.47 Å². The van der Waals surface area contributed by atoms with Crippen LogP contribution in [0.5, 0.6) is 11.5 Å². The molecule has 2 N–H and O–H groups in total. The highest BCUT2D eigenvalue weighted by atomic mass is 19.1. The first kappa shape index (κ1) is 24.5. The van der Waals surface area contributed by atoms with E-state index < -0.39 is 35.3 Å². The van der Waals surface area contributed by atoms with Crippen LogP contribution in [0.25, 0.3) is 5.76 Å². The van der Waals surface area contributed by atoms with Crippen molar-refractivity contribution in [2.45, 2.75) is 13.0 Å². The number of benzene rings is 3. The van der Waals surface area contributed by atoms with Gasteiger partial charge in [-0.3, -0.25) is 14.5 Å². The molecule has 4 rings (SSSR count). The Labute approximate surface area is 205 Å². The maximum Gasteiger partial charge on any atom is 0.338 e. The number of ketones is 1. The van der Waals surface area contributed by atoms with Crippen molar-refractivity contribution < 1.29 is 38.5 Å². The van der Waals surface area contributed by atoms with Crippen LogP contribution >= 0.6 is 0 Å². The second-order valence-electron chi connectivity index (χ2n) is 7.88. The third-order valence-corrected chi connectivity index (χ3v) is 5.70. The van der Waals surface area contributed by atoms with Gasteiger partial charge in [0.25, 0.3) is 11.7 Å². The molecule has 1 aliphatic rings. The summed E-state index contributed by atoms with van der Waals surface area (Å²) in [5.41, 5.74) is 0.391. The molecular formula is C27H22FNO7. The number of halogens is 1. The molecular weight excluding hydrogens is 469 g/mol. The van der Waals surface area contributed by atoms with Crippen LogP contribution < -0.4 is 9.64 Å². The molecule has 1 fully saturated rings. The molecule has 3 aromatic carbocycles. The maximum absolute atomic E-state index is 14.1. The Bertz CT molecular complexity index is 1380. The third kappa shape index (κ3) is 4.38. The van der Waals surface area contributed by atoms with Gasteiger partial charge in [0.1, 0.15) is 23.1 Å². The summed E-state index contributed by atoms with van der Waals surface area (Å²) in [6.07, 6.45) is 0. The summed E-state index contributed by atoms with van der Waals surface area (Å²) in [6.45, 7) is 1.87. The fourth-order valence-corrected chi connectivity index (χ4v) is 4.09. The van der Waals surface area contributed by atoms with Gasteiger partial charge in [-0.1, -0.05) is 12.1 Å². The van der Waals surface area contributed by atoms with Crippen LogP contribution in [-0.4, -0.2) is 41.6 Å². The van der Waals surface area contributed by atoms with Gasteiger partial charge in [-0.15, -0.1) is 0 Å². The largest absolute Gasteiger partial charge is 0.508 e. The average molecular weight is 491 g/mol. The van der Waals surface area contributed by atoms with Crippen LogP contribution in [0.3, 0.4) is 0 Å². The zero-order valence-corrected chi connectivity index (χ0v) is 19.4. The summed E-state index contributed by atoms with van der Waals surface area (Å²) < 4.78 is 24.3. The summed E-state index contributed by atoms with van der Waals surface area (Å²) in [5.74, 6) is -3.87. The molecule has 3 aromatic rings. The van der Waals surface area contributed by atoms with E-state index in [1.54, 1.807) is 13.0 Å². The summed E-state index contributed by atoms with van der Waals surface area (Å²) >= 11 is 0. The van der Waals surface area contributed by atoms with E-state index >= 15 is 0 Å². The lowest BCUT2D eigenvalue weighted by Crippen LogP contribution is -2.29. The minimum Gasteiger partial charge on any atom is -0.508 e. The topological polar surface area (TPSA) is 113 Å². The van der Waals surface area contributed by atoms with Crippen LogP contribution in [-0.2, 0) is 14.3 Å². The Kier molecular flexibility index (Phi) is 6.73. The fraction of sp³-hybridized carbons (Fsp3) is 0.148. The van der Waals surface area contributed by atoms with Gasteiger partial charge >= 0.3 is 5.97 Å². The van der Waals surface area contributed by atoms with E-state index in [2.05, 4.69) is 0 Å². The Hall–Kier alpha value is -4.66. The standard InChI is InChI=1S/C27H22FNO7/c1-3-36-27(34)15-7-10-18(11-8-15)29-23(16-5-4-6-19(30)13-16)22(25(32)26(29)33)24(31)20-14-17(28)9-12-21(20)35-2/h4-14,23,30-31H,3H2,1-2H3/b24-22+. The molecule has 0 bridgehead atoms. The number of hydrogen-bond donors (Lipinski definition) is 2. The first-order chi connectivity index (χ1) is 17.3. The number of nitrogens with zero attached hydrogens (tertiary/aromatic N) is 1. The molecule has 1 saturated heterocycles. The van der Waals surface area contributed by atoms with E-state index in [0.29, 0.717) is 5.56 Å². The van der Waals surface area contributed by atoms with E-state index in [-0.39, 0.29) is 40.5 Å². The number of phenolic OH excluding ortho intramolecular Hbond substituents is 1. The van der Waals surface area contributed by atoms with Crippen molar-refractivity contribution in [1.29, 1.82) is 0 Å². The molecule has 9 heteroatoms. The summed E-state index contributed by atoms with van der Waals surface area (Å²) in [5, 5.41) is 21.3. The van der Waals surface area contributed by atoms with E-state index in [9.17, 15) is 29.0 Å². The summed E-state index contributed by atoms with van der Waals surface area (Å²) in [7, 11) is 1.32. The fourth-order valence-electron chi connectivity index (χ4n) is 4.09. The first-order valence-electron chi connectivity index (χ1n) is 11.0. The lowest BCUT2D eigenvalue weighted by Gasteiger charge is -2.25. The predicted octanol–water partition coefficient (Wildman–Crippen LogP) is 4.34. The van der Waals surface area contributed by atoms with Gasteiger partial charge in [-0.2, -0.15) is 0 Å². The molecule has 1 unspecified atom stereocenters. The Morgan fingerprint density at radius 1 is 1.06 bits per heavy atom. The summed E-state index contributed by atoms with van der Waals surface area (Å²) in [4.78, 5) is 39.6. The zero-order valence-electron chi connectivity index (χ0n) is 19.4. The molecule has 36 heavy (non-hydrogen) atoms. The predicted molar refractivity (Wildman–Crippen MR) is 128 cm³/mol. The number of methoxy groups -OCH3 is 1.